The van der Waals surface area contributed by atoms with E-state index in [1.54, 1.807) is 37.4 Å². The van der Waals surface area contributed by atoms with Crippen LogP contribution in [-0.2, 0) is 4.79 Å². The van der Waals surface area contributed by atoms with Gasteiger partial charge in [-0.1, -0.05) is 36.2 Å². The number of fused-ring (bicyclic) bond motifs is 1. The van der Waals surface area contributed by atoms with E-state index in [0.717, 1.165) is 47.6 Å². The molecule has 1 aliphatic heterocycles. The average molecular weight is 523 g/mol. The highest BCUT2D eigenvalue weighted by Gasteiger charge is 2.30. The molecule has 0 saturated heterocycles. The molecule has 1 saturated carbocycles. The van der Waals surface area contributed by atoms with Gasteiger partial charge >= 0.3 is 5.97 Å². The monoisotopic (exact) mass is 522 g/mol. The Labute approximate surface area is 218 Å². The van der Waals surface area contributed by atoms with E-state index < -0.39 is 18.1 Å². The third-order valence-electron chi connectivity index (χ3n) is 6.89. The van der Waals surface area contributed by atoms with Gasteiger partial charge < -0.3 is 15.3 Å². The number of allylic oxidation sites excluding steroid dienone is 1. The number of carboxylic acid groups (broad SMARTS) is 1. The zero-order chi connectivity index (χ0) is 26.1. The number of alkyl halides is 1. The van der Waals surface area contributed by atoms with Crippen molar-refractivity contribution < 1.29 is 23.4 Å². The summed E-state index contributed by atoms with van der Waals surface area (Å²) in [6.07, 6.45) is 3.69. The lowest BCUT2D eigenvalue weighted by molar-refractivity contribution is -0.131. The van der Waals surface area contributed by atoms with E-state index in [9.17, 15) is 9.18 Å². The Morgan fingerprint density at radius 2 is 1.86 bits per heavy atom. The molecule has 0 radical (unpaired) electrons. The van der Waals surface area contributed by atoms with Crippen molar-refractivity contribution in [3.05, 3.63) is 99.3 Å². The van der Waals surface area contributed by atoms with E-state index in [4.69, 9.17) is 21.4 Å². The van der Waals surface area contributed by atoms with Gasteiger partial charge in [0, 0.05) is 17.2 Å². The Bertz CT molecular complexity index is 1430. The van der Waals surface area contributed by atoms with Gasteiger partial charge in [0.25, 0.3) is 0 Å². The molecular formula is C29H25ClF2N2O3. The predicted molar refractivity (Wildman–Crippen MR) is 141 cm³/mol. The summed E-state index contributed by atoms with van der Waals surface area (Å²) in [4.78, 5) is 10.9. The van der Waals surface area contributed by atoms with Crippen LogP contribution in [0.25, 0.3) is 17.2 Å². The third-order valence-corrected chi connectivity index (χ3v) is 7.20. The summed E-state index contributed by atoms with van der Waals surface area (Å²) in [6, 6.07) is 15.6. The highest BCUT2D eigenvalue weighted by molar-refractivity contribution is 6.33. The molecule has 3 aromatic carbocycles. The summed E-state index contributed by atoms with van der Waals surface area (Å²) in [5.41, 5.74) is 10.5. The summed E-state index contributed by atoms with van der Waals surface area (Å²) in [5.74, 6) is -0.916. The van der Waals surface area contributed by atoms with Crippen LogP contribution in [0, 0.1) is 11.7 Å². The first-order chi connectivity index (χ1) is 17.9. The van der Waals surface area contributed by atoms with Gasteiger partial charge in [0.15, 0.2) is 6.30 Å². The summed E-state index contributed by atoms with van der Waals surface area (Å²) < 4.78 is 35.1. The van der Waals surface area contributed by atoms with Gasteiger partial charge in [-0.15, -0.1) is 0 Å². The molecule has 1 fully saturated rings. The number of anilines is 1. The van der Waals surface area contributed by atoms with E-state index >= 15 is 4.39 Å². The van der Waals surface area contributed by atoms with Crippen LogP contribution in [0.15, 0.2) is 60.7 Å². The van der Waals surface area contributed by atoms with Crippen molar-refractivity contribution in [2.24, 2.45) is 5.92 Å². The molecule has 37 heavy (non-hydrogen) atoms. The molecule has 3 aromatic rings. The maximum absolute atomic E-state index is 15.2. The Morgan fingerprint density at radius 3 is 2.51 bits per heavy atom. The van der Waals surface area contributed by atoms with Crippen molar-refractivity contribution in [1.29, 1.82) is 0 Å². The molecule has 0 spiro atoms. The fraction of sp³-hybridized carbons (Fsp3) is 0.207. The fourth-order valence-electron chi connectivity index (χ4n) is 4.81. The molecule has 1 aliphatic carbocycles. The number of hydrogen-bond acceptors (Lipinski definition) is 4. The lowest BCUT2D eigenvalue weighted by atomic mass is 9.73. The number of ether oxygens (including phenoxy) is 1. The topological polar surface area (TPSA) is 70.6 Å². The van der Waals surface area contributed by atoms with E-state index in [2.05, 4.69) is 10.9 Å². The highest BCUT2D eigenvalue weighted by Crippen LogP contribution is 2.48. The molecule has 5 nitrogen and oxygen atoms in total. The number of benzene rings is 3. The molecule has 5 rings (SSSR count). The number of nitrogens with one attached hydrogen (secondary N) is 2. The summed E-state index contributed by atoms with van der Waals surface area (Å²) in [6.45, 7) is 0. The van der Waals surface area contributed by atoms with Crippen LogP contribution in [0.2, 0.25) is 5.02 Å². The van der Waals surface area contributed by atoms with E-state index in [1.807, 2.05) is 18.2 Å². The van der Waals surface area contributed by atoms with Gasteiger partial charge in [0.2, 0.25) is 0 Å². The normalized spacial score (nSPS) is 17.7. The number of aliphatic carboxylic acids is 1. The second-order valence-electron chi connectivity index (χ2n) is 9.10. The van der Waals surface area contributed by atoms with Crippen molar-refractivity contribution >= 4 is 40.5 Å². The average Bonchev–Trinajstić information content (AvgIpc) is 3.22. The quantitative estimate of drug-likeness (QED) is 0.173. The molecule has 1 unspecified atom stereocenters. The van der Waals surface area contributed by atoms with E-state index in [0.29, 0.717) is 27.6 Å². The SMILES string of the molecule is COc1ccc(/C(=C(\c2ccc(/C=C/C(=O)O)c(F)c2)c2ccc3c(c2)C(F)NN3)C2CCC2)c(Cl)c1. The number of hydrazine groups is 1. The number of methoxy groups -OCH3 is 1. The lowest BCUT2D eigenvalue weighted by Crippen LogP contribution is -2.15. The molecule has 190 valence electrons. The molecule has 1 atom stereocenters. The van der Waals surface area contributed by atoms with Gasteiger partial charge in [-0.3, -0.25) is 0 Å². The minimum absolute atomic E-state index is 0.157. The fourth-order valence-corrected chi connectivity index (χ4v) is 5.09. The Hall–Kier alpha value is -3.68. The van der Waals surface area contributed by atoms with Gasteiger partial charge in [0.1, 0.15) is 11.6 Å². The molecule has 0 aromatic heterocycles. The van der Waals surface area contributed by atoms with Crippen LogP contribution >= 0.6 is 11.6 Å². The van der Waals surface area contributed by atoms with Gasteiger partial charge in [0.05, 0.1) is 17.8 Å². The van der Waals surface area contributed by atoms with Crippen molar-refractivity contribution in [3.63, 3.8) is 0 Å². The van der Waals surface area contributed by atoms with Gasteiger partial charge in [-0.25, -0.2) is 19.0 Å². The molecule has 1 heterocycles. The summed E-state index contributed by atoms with van der Waals surface area (Å²) in [7, 11) is 1.57. The second-order valence-corrected chi connectivity index (χ2v) is 9.51. The molecule has 0 amide bonds. The minimum Gasteiger partial charge on any atom is -0.497 e. The first kappa shape index (κ1) is 25.0. The van der Waals surface area contributed by atoms with Crippen molar-refractivity contribution in [2.45, 2.75) is 25.6 Å². The molecule has 3 N–H and O–H groups in total. The van der Waals surface area contributed by atoms with Crippen molar-refractivity contribution in [1.82, 2.24) is 5.43 Å². The number of rotatable bonds is 7. The molecule has 2 aliphatic rings. The first-order valence-electron chi connectivity index (χ1n) is 11.9. The molecule has 8 heteroatoms. The Balaban J connectivity index is 1.76. The molecule has 0 bridgehead atoms. The number of carbonyl (C=O) groups is 1. The Kier molecular flexibility index (Phi) is 7.00. The minimum atomic E-state index is -1.38. The number of hydrogen-bond donors (Lipinski definition) is 3. The third kappa shape index (κ3) is 4.97. The van der Waals surface area contributed by atoms with Crippen LogP contribution in [0.4, 0.5) is 14.5 Å². The molecular weight excluding hydrogens is 498 g/mol. The van der Waals surface area contributed by atoms with Crippen molar-refractivity contribution in [2.75, 3.05) is 12.5 Å². The Morgan fingerprint density at radius 1 is 1.11 bits per heavy atom. The van der Waals surface area contributed by atoms with Crippen molar-refractivity contribution in [3.8, 4) is 5.75 Å². The zero-order valence-electron chi connectivity index (χ0n) is 20.0. The summed E-state index contributed by atoms with van der Waals surface area (Å²) in [5, 5.41) is 9.44. The largest absolute Gasteiger partial charge is 0.497 e. The zero-order valence-corrected chi connectivity index (χ0v) is 20.8. The van der Waals surface area contributed by atoms with Crippen LogP contribution < -0.4 is 15.6 Å². The highest BCUT2D eigenvalue weighted by atomic mass is 35.5. The van der Waals surface area contributed by atoms with Crippen LogP contribution in [0.1, 0.15) is 53.4 Å². The van der Waals surface area contributed by atoms with Crippen LogP contribution in [-0.4, -0.2) is 18.2 Å². The van der Waals surface area contributed by atoms with E-state index in [-0.39, 0.29) is 11.5 Å². The lowest BCUT2D eigenvalue weighted by Gasteiger charge is -2.32. The standard InChI is InChI=1S/C29H25ClF2N2O3/c1-37-20-9-10-21(23(30)15-20)28(17-3-2-4-17)27(18-7-11-25-22(13-18)29(32)34-33-25)19-6-5-16(24(31)14-19)8-12-26(35)36/h5-15,17,29,33-34H,2-4H2,1H3,(H,35,36)/b12-8+,28-27-. The predicted octanol–water partition coefficient (Wildman–Crippen LogP) is 7.24. The van der Waals surface area contributed by atoms with Gasteiger partial charge in [-0.2, -0.15) is 0 Å². The number of halogens is 3. The first-order valence-corrected chi connectivity index (χ1v) is 12.3. The maximum Gasteiger partial charge on any atom is 0.328 e. The van der Waals surface area contributed by atoms with Crippen LogP contribution in [0.5, 0.6) is 5.75 Å². The summed E-state index contributed by atoms with van der Waals surface area (Å²) >= 11 is 6.76. The second kappa shape index (κ2) is 10.4. The maximum atomic E-state index is 15.2. The van der Waals surface area contributed by atoms with E-state index in [1.165, 1.54) is 12.1 Å². The van der Waals surface area contributed by atoms with Crippen LogP contribution in [0.3, 0.4) is 0 Å². The van der Waals surface area contributed by atoms with Gasteiger partial charge in [-0.05, 0) is 89.1 Å². The smallest absolute Gasteiger partial charge is 0.328 e. The number of carboxylic acids is 1.